The van der Waals surface area contributed by atoms with E-state index in [1.54, 1.807) is 12.1 Å². The lowest BCUT2D eigenvalue weighted by molar-refractivity contribution is 0.402. The third-order valence-electron chi connectivity index (χ3n) is 3.03. The number of rotatable bonds is 5. The fourth-order valence-electron chi connectivity index (χ4n) is 2.07. The van der Waals surface area contributed by atoms with Gasteiger partial charge < -0.3 is 10.2 Å². The third kappa shape index (κ3) is 4.52. The average Bonchev–Trinajstić information content (AvgIpc) is 2.43. The molecule has 0 bridgehead atoms. The zero-order valence-corrected chi connectivity index (χ0v) is 14.2. The van der Waals surface area contributed by atoms with Crippen molar-refractivity contribution in [2.24, 2.45) is 0 Å². The standard InChI is InChI=1S/C16H17Cl3N2/c1-21(2)10-11-4-3-5-12(8-11)20-9-13-14(17)6-7-15(18)16(13)19/h3-8,20H,9-10H2,1-2H3. The van der Waals surface area contributed by atoms with Gasteiger partial charge in [0.15, 0.2) is 0 Å². The highest BCUT2D eigenvalue weighted by molar-refractivity contribution is 6.44. The van der Waals surface area contributed by atoms with Crippen molar-refractivity contribution in [2.75, 3.05) is 19.4 Å². The Balaban J connectivity index is 2.12. The van der Waals surface area contributed by atoms with Gasteiger partial charge in [0.05, 0.1) is 10.0 Å². The van der Waals surface area contributed by atoms with Crippen LogP contribution < -0.4 is 5.32 Å². The van der Waals surface area contributed by atoms with Crippen molar-refractivity contribution >= 4 is 40.5 Å². The highest BCUT2D eigenvalue weighted by atomic mass is 35.5. The number of nitrogens with zero attached hydrogens (tertiary/aromatic N) is 1. The van der Waals surface area contributed by atoms with E-state index in [2.05, 4.69) is 22.3 Å². The SMILES string of the molecule is CN(C)Cc1cccc(NCc2c(Cl)ccc(Cl)c2Cl)c1. The summed E-state index contributed by atoms with van der Waals surface area (Å²) >= 11 is 18.4. The van der Waals surface area contributed by atoms with Gasteiger partial charge in [-0.2, -0.15) is 0 Å². The quantitative estimate of drug-likeness (QED) is 0.739. The maximum atomic E-state index is 6.20. The van der Waals surface area contributed by atoms with Crippen LogP contribution in [0.1, 0.15) is 11.1 Å². The molecule has 0 unspecified atom stereocenters. The number of anilines is 1. The lowest BCUT2D eigenvalue weighted by Gasteiger charge is -2.13. The van der Waals surface area contributed by atoms with Crippen molar-refractivity contribution in [1.82, 2.24) is 4.90 Å². The first-order chi connectivity index (χ1) is 9.97. The van der Waals surface area contributed by atoms with Crippen LogP contribution in [-0.2, 0) is 13.1 Å². The molecule has 0 amide bonds. The summed E-state index contributed by atoms with van der Waals surface area (Å²) < 4.78 is 0. The molecule has 0 radical (unpaired) electrons. The van der Waals surface area contributed by atoms with Gasteiger partial charge in [-0.25, -0.2) is 0 Å². The normalized spacial score (nSPS) is 11.0. The average molecular weight is 344 g/mol. The van der Waals surface area contributed by atoms with Crippen LogP contribution >= 0.6 is 34.8 Å². The first-order valence-electron chi connectivity index (χ1n) is 6.57. The van der Waals surface area contributed by atoms with Crippen LogP contribution in [0.25, 0.3) is 0 Å². The molecule has 2 aromatic rings. The second-order valence-electron chi connectivity index (χ2n) is 5.11. The molecule has 2 nitrogen and oxygen atoms in total. The molecule has 2 aromatic carbocycles. The molecule has 0 aliphatic carbocycles. The van der Waals surface area contributed by atoms with Gasteiger partial charge in [-0.15, -0.1) is 0 Å². The van der Waals surface area contributed by atoms with Crippen molar-refractivity contribution in [3.05, 3.63) is 62.6 Å². The molecule has 0 aliphatic heterocycles. The van der Waals surface area contributed by atoms with Crippen LogP contribution in [0, 0.1) is 0 Å². The van der Waals surface area contributed by atoms with Crippen molar-refractivity contribution < 1.29 is 0 Å². The second kappa shape index (κ2) is 7.37. The highest BCUT2D eigenvalue weighted by Crippen LogP contribution is 2.31. The van der Waals surface area contributed by atoms with E-state index in [9.17, 15) is 0 Å². The Morgan fingerprint density at radius 1 is 1.00 bits per heavy atom. The zero-order valence-electron chi connectivity index (χ0n) is 12.0. The Morgan fingerprint density at radius 2 is 1.71 bits per heavy atom. The van der Waals surface area contributed by atoms with E-state index in [1.165, 1.54) is 5.56 Å². The minimum atomic E-state index is 0.501. The second-order valence-corrected chi connectivity index (χ2v) is 6.31. The summed E-state index contributed by atoms with van der Waals surface area (Å²) in [7, 11) is 4.09. The lowest BCUT2D eigenvalue weighted by atomic mass is 10.1. The summed E-state index contributed by atoms with van der Waals surface area (Å²) in [4.78, 5) is 2.13. The van der Waals surface area contributed by atoms with Gasteiger partial charge in [-0.3, -0.25) is 0 Å². The number of halogens is 3. The number of hydrogen-bond donors (Lipinski definition) is 1. The molecule has 5 heteroatoms. The maximum absolute atomic E-state index is 6.20. The number of nitrogens with one attached hydrogen (secondary N) is 1. The third-order valence-corrected chi connectivity index (χ3v) is 4.23. The van der Waals surface area contributed by atoms with Gasteiger partial charge in [0.1, 0.15) is 0 Å². The molecular formula is C16H17Cl3N2. The first-order valence-corrected chi connectivity index (χ1v) is 7.70. The van der Waals surface area contributed by atoms with Crippen LogP contribution in [0.2, 0.25) is 15.1 Å². The summed E-state index contributed by atoms with van der Waals surface area (Å²) in [5.41, 5.74) is 3.08. The van der Waals surface area contributed by atoms with E-state index in [0.717, 1.165) is 17.8 Å². The summed E-state index contributed by atoms with van der Waals surface area (Å²) in [5.74, 6) is 0. The Kier molecular flexibility index (Phi) is 5.77. The molecule has 0 saturated heterocycles. The van der Waals surface area contributed by atoms with Crippen LogP contribution in [-0.4, -0.2) is 19.0 Å². The molecule has 1 N–H and O–H groups in total. The molecule has 21 heavy (non-hydrogen) atoms. The smallest absolute Gasteiger partial charge is 0.0657 e. The molecule has 0 heterocycles. The van der Waals surface area contributed by atoms with E-state index >= 15 is 0 Å². The minimum Gasteiger partial charge on any atom is -0.381 e. The summed E-state index contributed by atoms with van der Waals surface area (Å²) in [6.07, 6.45) is 0. The summed E-state index contributed by atoms with van der Waals surface area (Å²) in [6.45, 7) is 1.43. The summed E-state index contributed by atoms with van der Waals surface area (Å²) in [5, 5.41) is 4.96. The lowest BCUT2D eigenvalue weighted by Crippen LogP contribution is -2.10. The largest absolute Gasteiger partial charge is 0.381 e. The molecule has 0 atom stereocenters. The highest BCUT2D eigenvalue weighted by Gasteiger charge is 2.09. The topological polar surface area (TPSA) is 15.3 Å². The first kappa shape index (κ1) is 16.4. The van der Waals surface area contributed by atoms with Crippen molar-refractivity contribution in [3.63, 3.8) is 0 Å². The number of hydrogen-bond acceptors (Lipinski definition) is 2. The van der Waals surface area contributed by atoms with Crippen molar-refractivity contribution in [2.45, 2.75) is 13.1 Å². The molecule has 0 aromatic heterocycles. The minimum absolute atomic E-state index is 0.501. The van der Waals surface area contributed by atoms with Crippen LogP contribution in [0.5, 0.6) is 0 Å². The predicted octanol–water partition coefficient (Wildman–Crippen LogP) is 5.32. The van der Waals surface area contributed by atoms with Gasteiger partial charge in [-0.05, 0) is 43.9 Å². The molecule has 0 saturated carbocycles. The van der Waals surface area contributed by atoms with Gasteiger partial charge in [0.2, 0.25) is 0 Å². The Labute approximate surface area is 140 Å². The van der Waals surface area contributed by atoms with Gasteiger partial charge in [-0.1, -0.05) is 46.9 Å². The Bertz CT molecular complexity index is 627. The Hall–Kier alpha value is -0.930. The van der Waals surface area contributed by atoms with E-state index in [4.69, 9.17) is 34.8 Å². The van der Waals surface area contributed by atoms with Gasteiger partial charge >= 0.3 is 0 Å². The molecule has 0 fully saturated rings. The van der Waals surface area contributed by atoms with Gasteiger partial charge in [0, 0.05) is 29.4 Å². The number of benzene rings is 2. The van der Waals surface area contributed by atoms with E-state index in [1.807, 2.05) is 26.2 Å². The molecule has 0 spiro atoms. The predicted molar refractivity (Wildman–Crippen MR) is 92.6 cm³/mol. The monoisotopic (exact) mass is 342 g/mol. The molecular weight excluding hydrogens is 327 g/mol. The molecule has 2 rings (SSSR count). The van der Waals surface area contributed by atoms with E-state index < -0.39 is 0 Å². The van der Waals surface area contributed by atoms with E-state index in [-0.39, 0.29) is 0 Å². The van der Waals surface area contributed by atoms with Crippen LogP contribution in [0.4, 0.5) is 5.69 Å². The maximum Gasteiger partial charge on any atom is 0.0657 e. The van der Waals surface area contributed by atoms with E-state index in [0.29, 0.717) is 21.6 Å². The van der Waals surface area contributed by atoms with Crippen molar-refractivity contribution in [1.29, 1.82) is 0 Å². The van der Waals surface area contributed by atoms with Crippen molar-refractivity contribution in [3.8, 4) is 0 Å². The fraction of sp³-hybridized carbons (Fsp3) is 0.250. The van der Waals surface area contributed by atoms with Crippen LogP contribution in [0.15, 0.2) is 36.4 Å². The zero-order chi connectivity index (χ0) is 15.4. The Morgan fingerprint density at radius 3 is 2.43 bits per heavy atom. The van der Waals surface area contributed by atoms with Gasteiger partial charge in [0.25, 0.3) is 0 Å². The summed E-state index contributed by atoms with van der Waals surface area (Å²) in [6, 6.07) is 11.7. The van der Waals surface area contributed by atoms with Crippen LogP contribution in [0.3, 0.4) is 0 Å². The fourth-order valence-corrected chi connectivity index (χ4v) is 2.75. The molecule has 112 valence electrons. The molecule has 0 aliphatic rings.